The van der Waals surface area contributed by atoms with Crippen molar-refractivity contribution in [1.82, 2.24) is 10.3 Å². The highest BCUT2D eigenvalue weighted by atomic mass is 32.2. The van der Waals surface area contributed by atoms with Crippen LogP contribution < -0.4 is 19.3 Å². The maximum absolute atomic E-state index is 14.5. The number of amides is 1. The molecule has 6 rings (SSSR count). The first-order chi connectivity index (χ1) is 21.0. The van der Waals surface area contributed by atoms with Gasteiger partial charge < -0.3 is 19.4 Å². The number of pyridine rings is 1. The number of ether oxygens (including phenoxy) is 1. The van der Waals surface area contributed by atoms with Crippen LogP contribution in [-0.4, -0.2) is 46.8 Å². The molecule has 0 atom stereocenters. The smallest absolute Gasteiger partial charge is 0.255 e. The molecule has 1 N–H and O–H groups in total. The van der Waals surface area contributed by atoms with Crippen LogP contribution in [0.25, 0.3) is 33.4 Å². The molecule has 12 heteroatoms. The van der Waals surface area contributed by atoms with Gasteiger partial charge in [0.25, 0.3) is 5.91 Å². The van der Waals surface area contributed by atoms with Crippen LogP contribution in [0.1, 0.15) is 21.5 Å². The largest absolute Gasteiger partial charge is 0.494 e. The standard InChI is InChI=1S/C32H28F2N4O5S/c1-35-32(39)30-23-12-21(22-13-29(36-15-28(22)42-3)38-16-19-6-5-7-25(34)24(19)17-38)26(37(2)44(4,40)41)14-27(23)43-31(30)18-8-10-20(33)11-9-18/h5-15H,16-17H2,1-4H3,(H,35,39). The molecule has 226 valence electrons. The van der Waals surface area contributed by atoms with Crippen LogP contribution in [-0.2, 0) is 23.1 Å². The first kappa shape index (κ1) is 29.1. The molecule has 0 saturated carbocycles. The number of furan rings is 1. The fourth-order valence-corrected chi connectivity index (χ4v) is 5.97. The fraction of sp³-hybridized carbons (Fsp3) is 0.188. The summed E-state index contributed by atoms with van der Waals surface area (Å²) in [4.78, 5) is 19.7. The summed E-state index contributed by atoms with van der Waals surface area (Å²) in [5.74, 6) is -0.116. The normalized spacial score (nSPS) is 12.8. The summed E-state index contributed by atoms with van der Waals surface area (Å²) in [5, 5.41) is 3.04. The molecular formula is C32H28F2N4O5S. The van der Waals surface area contributed by atoms with Gasteiger partial charge in [-0.05, 0) is 48.0 Å². The first-order valence-electron chi connectivity index (χ1n) is 13.6. The van der Waals surface area contributed by atoms with Crippen molar-refractivity contribution in [3.8, 4) is 28.2 Å². The number of carbonyl (C=O) groups is 1. The summed E-state index contributed by atoms with van der Waals surface area (Å²) in [6.07, 6.45) is 2.60. The van der Waals surface area contributed by atoms with Crippen molar-refractivity contribution in [3.05, 3.63) is 95.2 Å². The topological polar surface area (TPSA) is 105 Å². The Kier molecular flexibility index (Phi) is 7.24. The quantitative estimate of drug-likeness (QED) is 0.249. The predicted molar refractivity (Wildman–Crippen MR) is 164 cm³/mol. The molecule has 1 amide bonds. The molecule has 44 heavy (non-hydrogen) atoms. The summed E-state index contributed by atoms with van der Waals surface area (Å²) < 4.78 is 66.9. The summed E-state index contributed by atoms with van der Waals surface area (Å²) in [7, 11) is 0.610. The number of nitrogens with one attached hydrogen (secondary N) is 1. The van der Waals surface area contributed by atoms with Crippen LogP contribution in [0.15, 0.2) is 71.3 Å². The van der Waals surface area contributed by atoms with Gasteiger partial charge in [0, 0.05) is 60.9 Å². The Morgan fingerprint density at radius 1 is 1.07 bits per heavy atom. The average molecular weight is 619 g/mol. The lowest BCUT2D eigenvalue weighted by atomic mass is 9.98. The molecule has 0 fully saturated rings. The van der Waals surface area contributed by atoms with E-state index in [1.165, 1.54) is 57.7 Å². The molecule has 3 heterocycles. The van der Waals surface area contributed by atoms with E-state index in [1.54, 1.807) is 24.3 Å². The zero-order valence-electron chi connectivity index (χ0n) is 24.3. The van der Waals surface area contributed by atoms with Gasteiger partial charge >= 0.3 is 0 Å². The lowest BCUT2D eigenvalue weighted by molar-refractivity contribution is 0.0964. The molecule has 9 nitrogen and oxygen atoms in total. The molecule has 0 saturated heterocycles. The Morgan fingerprint density at radius 2 is 1.82 bits per heavy atom. The van der Waals surface area contributed by atoms with E-state index in [0.29, 0.717) is 52.3 Å². The molecule has 0 bridgehead atoms. The van der Waals surface area contributed by atoms with E-state index in [9.17, 15) is 22.0 Å². The lowest BCUT2D eigenvalue weighted by Gasteiger charge is -2.23. The Morgan fingerprint density at radius 3 is 2.48 bits per heavy atom. The van der Waals surface area contributed by atoms with Crippen LogP contribution in [0.5, 0.6) is 5.75 Å². The van der Waals surface area contributed by atoms with Gasteiger partial charge in [0.1, 0.15) is 34.5 Å². The number of anilines is 2. The van der Waals surface area contributed by atoms with Crippen molar-refractivity contribution in [2.45, 2.75) is 13.1 Å². The number of fused-ring (bicyclic) bond motifs is 2. The monoisotopic (exact) mass is 618 g/mol. The first-order valence-corrected chi connectivity index (χ1v) is 15.4. The van der Waals surface area contributed by atoms with Gasteiger partial charge in [-0.2, -0.15) is 0 Å². The SMILES string of the molecule is CNC(=O)c1c(-c2ccc(F)cc2)oc2cc(N(C)S(C)(=O)=O)c(-c3cc(N4Cc5cccc(F)c5C4)ncc3OC)cc12. The fourth-order valence-electron chi connectivity index (χ4n) is 5.46. The second-order valence-corrected chi connectivity index (χ2v) is 12.5. The third-order valence-electron chi connectivity index (χ3n) is 7.82. The van der Waals surface area contributed by atoms with Crippen LogP contribution in [0.3, 0.4) is 0 Å². The van der Waals surface area contributed by atoms with E-state index in [2.05, 4.69) is 10.3 Å². The van der Waals surface area contributed by atoms with Crippen LogP contribution in [0.4, 0.5) is 20.3 Å². The number of sulfonamides is 1. The lowest BCUT2D eigenvalue weighted by Crippen LogP contribution is -2.25. The third kappa shape index (κ3) is 5.00. The predicted octanol–water partition coefficient (Wildman–Crippen LogP) is 5.72. The molecule has 3 aromatic carbocycles. The molecule has 1 aliphatic heterocycles. The molecule has 5 aromatic rings. The molecule has 2 aromatic heterocycles. The molecule has 0 radical (unpaired) electrons. The van der Waals surface area contributed by atoms with E-state index < -0.39 is 21.7 Å². The second kappa shape index (κ2) is 10.9. The number of hydrogen-bond donors (Lipinski definition) is 1. The number of halogens is 2. The minimum atomic E-state index is -3.76. The van der Waals surface area contributed by atoms with Gasteiger partial charge in [-0.25, -0.2) is 22.2 Å². The van der Waals surface area contributed by atoms with E-state index in [4.69, 9.17) is 9.15 Å². The number of benzene rings is 3. The van der Waals surface area contributed by atoms with Gasteiger partial charge in [0.2, 0.25) is 10.0 Å². The summed E-state index contributed by atoms with van der Waals surface area (Å²) in [6.45, 7) is 0.740. The summed E-state index contributed by atoms with van der Waals surface area (Å²) >= 11 is 0. The maximum atomic E-state index is 14.5. The van der Waals surface area contributed by atoms with Crippen molar-refractivity contribution in [3.63, 3.8) is 0 Å². The van der Waals surface area contributed by atoms with E-state index in [-0.39, 0.29) is 28.4 Å². The molecular weight excluding hydrogens is 590 g/mol. The highest BCUT2D eigenvalue weighted by Crippen LogP contribution is 2.44. The number of hydrogen-bond acceptors (Lipinski definition) is 7. The summed E-state index contributed by atoms with van der Waals surface area (Å²) in [6, 6.07) is 15.5. The zero-order valence-corrected chi connectivity index (χ0v) is 25.1. The Balaban J connectivity index is 1.60. The van der Waals surface area contributed by atoms with Crippen molar-refractivity contribution >= 4 is 38.4 Å². The van der Waals surface area contributed by atoms with Crippen molar-refractivity contribution in [1.29, 1.82) is 0 Å². The van der Waals surface area contributed by atoms with Gasteiger partial charge in [-0.3, -0.25) is 9.10 Å². The van der Waals surface area contributed by atoms with Gasteiger partial charge in [-0.15, -0.1) is 0 Å². The van der Waals surface area contributed by atoms with Gasteiger partial charge in [-0.1, -0.05) is 12.1 Å². The molecule has 1 aliphatic rings. The third-order valence-corrected chi connectivity index (χ3v) is 9.01. The Hall–Kier alpha value is -4.97. The average Bonchev–Trinajstić information content (AvgIpc) is 3.62. The van der Waals surface area contributed by atoms with E-state index in [1.807, 2.05) is 11.0 Å². The van der Waals surface area contributed by atoms with Crippen molar-refractivity contribution in [2.75, 3.05) is 36.7 Å². The van der Waals surface area contributed by atoms with Crippen LogP contribution in [0, 0.1) is 11.6 Å². The van der Waals surface area contributed by atoms with Gasteiger partial charge in [0.15, 0.2) is 0 Å². The minimum Gasteiger partial charge on any atom is -0.494 e. The van der Waals surface area contributed by atoms with Gasteiger partial charge in [0.05, 0.1) is 30.8 Å². The number of rotatable bonds is 7. The Bertz CT molecular complexity index is 2040. The number of aromatic nitrogens is 1. The molecule has 0 aliphatic carbocycles. The van der Waals surface area contributed by atoms with E-state index >= 15 is 0 Å². The molecule has 0 unspecified atom stereocenters. The summed E-state index contributed by atoms with van der Waals surface area (Å²) in [5.41, 5.74) is 3.52. The second-order valence-electron chi connectivity index (χ2n) is 10.5. The number of nitrogens with zero attached hydrogens (tertiary/aromatic N) is 3. The zero-order chi connectivity index (χ0) is 31.3. The van der Waals surface area contributed by atoms with Crippen molar-refractivity contribution < 1.29 is 31.1 Å². The number of carbonyl (C=O) groups excluding carboxylic acids is 1. The van der Waals surface area contributed by atoms with Crippen LogP contribution >= 0.6 is 0 Å². The van der Waals surface area contributed by atoms with Crippen molar-refractivity contribution in [2.24, 2.45) is 0 Å². The van der Waals surface area contributed by atoms with E-state index in [0.717, 1.165) is 16.1 Å². The molecule has 0 spiro atoms. The Labute approximate surface area is 252 Å². The highest BCUT2D eigenvalue weighted by Gasteiger charge is 2.28. The van der Waals surface area contributed by atoms with Crippen LogP contribution in [0.2, 0.25) is 0 Å². The minimum absolute atomic E-state index is 0.197. The highest BCUT2D eigenvalue weighted by molar-refractivity contribution is 7.92. The maximum Gasteiger partial charge on any atom is 0.255 e. The number of methoxy groups -OCH3 is 1.